The van der Waals surface area contributed by atoms with Gasteiger partial charge in [0.2, 0.25) is 5.91 Å². The van der Waals surface area contributed by atoms with Gasteiger partial charge >= 0.3 is 0 Å². The second kappa shape index (κ2) is 6.49. The molecule has 5 heteroatoms. The van der Waals surface area contributed by atoms with Crippen molar-refractivity contribution >= 4 is 17.7 Å². The Labute approximate surface area is 133 Å². The number of carbonyl (C=O) groups is 1. The molecule has 0 aliphatic carbocycles. The van der Waals surface area contributed by atoms with E-state index in [0.717, 1.165) is 21.7 Å². The molecule has 0 fully saturated rings. The van der Waals surface area contributed by atoms with Gasteiger partial charge in [-0.05, 0) is 41.5 Å². The summed E-state index contributed by atoms with van der Waals surface area (Å²) in [5.41, 5.74) is 8.45. The zero-order chi connectivity index (χ0) is 15.4. The van der Waals surface area contributed by atoms with E-state index >= 15 is 0 Å². The lowest BCUT2D eigenvalue weighted by molar-refractivity contribution is -0.115. The molecule has 0 aliphatic rings. The summed E-state index contributed by atoms with van der Waals surface area (Å²) in [6.45, 7) is 0. The molecule has 0 radical (unpaired) electrons. The van der Waals surface area contributed by atoms with Gasteiger partial charge < -0.3 is 5.73 Å². The van der Waals surface area contributed by atoms with Gasteiger partial charge in [0.1, 0.15) is 0 Å². The molecule has 2 N–H and O–H groups in total. The SMILES string of the molecule is NC(=O)CSc1ccc(-c2ccc(-n3cccn3)cc2)cc1. The van der Waals surface area contributed by atoms with Crippen LogP contribution in [0.5, 0.6) is 0 Å². The maximum atomic E-state index is 10.8. The Morgan fingerprint density at radius 1 is 1.05 bits per heavy atom. The number of thioether (sulfide) groups is 1. The highest BCUT2D eigenvalue weighted by Gasteiger charge is 2.02. The van der Waals surface area contributed by atoms with E-state index < -0.39 is 0 Å². The zero-order valence-corrected chi connectivity index (χ0v) is 12.7. The minimum absolute atomic E-state index is 0.303. The van der Waals surface area contributed by atoms with Gasteiger partial charge in [0.15, 0.2) is 0 Å². The summed E-state index contributed by atoms with van der Waals surface area (Å²) in [5, 5.41) is 4.21. The largest absolute Gasteiger partial charge is 0.369 e. The number of nitrogens with zero attached hydrogens (tertiary/aromatic N) is 2. The summed E-state index contributed by atoms with van der Waals surface area (Å²) in [5.74, 6) is 0.000974. The van der Waals surface area contributed by atoms with E-state index in [1.165, 1.54) is 11.8 Å². The Bertz CT molecular complexity index is 750. The fourth-order valence-corrected chi connectivity index (χ4v) is 2.76. The zero-order valence-electron chi connectivity index (χ0n) is 11.8. The average molecular weight is 309 g/mol. The second-order valence-electron chi connectivity index (χ2n) is 4.78. The number of nitrogens with two attached hydrogens (primary N) is 1. The summed E-state index contributed by atoms with van der Waals surface area (Å²) in [4.78, 5) is 11.8. The van der Waals surface area contributed by atoms with Crippen molar-refractivity contribution in [2.75, 3.05) is 5.75 Å². The summed E-state index contributed by atoms with van der Waals surface area (Å²) in [7, 11) is 0. The molecule has 3 rings (SSSR count). The maximum absolute atomic E-state index is 10.8. The van der Waals surface area contributed by atoms with E-state index in [-0.39, 0.29) is 5.91 Å². The van der Waals surface area contributed by atoms with Gasteiger partial charge in [-0.25, -0.2) is 4.68 Å². The first-order valence-electron chi connectivity index (χ1n) is 6.84. The summed E-state index contributed by atoms with van der Waals surface area (Å²) in [6, 6.07) is 18.2. The third-order valence-electron chi connectivity index (χ3n) is 3.20. The number of carbonyl (C=O) groups excluding carboxylic acids is 1. The third kappa shape index (κ3) is 3.38. The first-order chi connectivity index (χ1) is 10.7. The van der Waals surface area contributed by atoms with Crippen molar-refractivity contribution in [2.45, 2.75) is 4.90 Å². The Hall–Kier alpha value is -2.53. The van der Waals surface area contributed by atoms with Gasteiger partial charge in [-0.15, -0.1) is 11.8 Å². The first-order valence-corrected chi connectivity index (χ1v) is 7.82. The van der Waals surface area contributed by atoms with E-state index in [1.807, 2.05) is 53.3 Å². The van der Waals surface area contributed by atoms with Crippen molar-refractivity contribution < 1.29 is 4.79 Å². The third-order valence-corrected chi connectivity index (χ3v) is 4.24. The van der Waals surface area contributed by atoms with Crippen LogP contribution in [-0.4, -0.2) is 21.4 Å². The van der Waals surface area contributed by atoms with Crippen molar-refractivity contribution in [3.63, 3.8) is 0 Å². The topological polar surface area (TPSA) is 60.9 Å². The van der Waals surface area contributed by atoms with Crippen molar-refractivity contribution in [3.05, 3.63) is 67.0 Å². The minimum atomic E-state index is -0.303. The number of aromatic nitrogens is 2. The lowest BCUT2D eigenvalue weighted by atomic mass is 10.1. The van der Waals surface area contributed by atoms with Crippen molar-refractivity contribution in [1.82, 2.24) is 9.78 Å². The standard InChI is InChI=1S/C17H15N3OS/c18-17(21)12-22-16-8-4-14(5-9-16)13-2-6-15(7-3-13)20-11-1-10-19-20/h1-11H,12H2,(H2,18,21). The van der Waals surface area contributed by atoms with Crippen LogP contribution >= 0.6 is 11.8 Å². The average Bonchev–Trinajstić information content (AvgIpc) is 3.08. The number of benzene rings is 2. The Morgan fingerprint density at radius 3 is 2.23 bits per heavy atom. The van der Waals surface area contributed by atoms with Crippen molar-refractivity contribution in [3.8, 4) is 16.8 Å². The molecule has 22 heavy (non-hydrogen) atoms. The summed E-state index contributed by atoms with van der Waals surface area (Å²) >= 11 is 1.45. The molecule has 1 heterocycles. The molecule has 4 nitrogen and oxygen atoms in total. The van der Waals surface area contributed by atoms with Crippen LogP contribution in [0.25, 0.3) is 16.8 Å². The van der Waals surface area contributed by atoms with Crippen LogP contribution < -0.4 is 5.73 Å². The maximum Gasteiger partial charge on any atom is 0.227 e. The fourth-order valence-electron chi connectivity index (χ4n) is 2.13. The normalized spacial score (nSPS) is 10.5. The van der Waals surface area contributed by atoms with Gasteiger partial charge in [0.05, 0.1) is 11.4 Å². The first kappa shape index (κ1) is 14.4. The lowest BCUT2D eigenvalue weighted by Gasteiger charge is -2.06. The molecule has 0 saturated heterocycles. The van der Waals surface area contributed by atoms with Crippen molar-refractivity contribution in [1.29, 1.82) is 0 Å². The predicted molar refractivity (Wildman–Crippen MR) is 88.9 cm³/mol. The van der Waals surface area contributed by atoms with Crippen LogP contribution in [0.15, 0.2) is 71.9 Å². The molecular weight excluding hydrogens is 294 g/mol. The molecule has 0 aliphatic heterocycles. The number of amides is 1. The molecular formula is C17H15N3OS. The van der Waals surface area contributed by atoms with E-state index in [0.29, 0.717) is 5.75 Å². The molecule has 0 bridgehead atoms. The number of primary amides is 1. The number of rotatable bonds is 5. The van der Waals surface area contributed by atoms with E-state index in [2.05, 4.69) is 17.2 Å². The summed E-state index contributed by atoms with van der Waals surface area (Å²) < 4.78 is 1.83. The fraction of sp³-hybridized carbons (Fsp3) is 0.0588. The van der Waals surface area contributed by atoms with Crippen molar-refractivity contribution in [2.24, 2.45) is 5.73 Å². The molecule has 0 spiro atoms. The summed E-state index contributed by atoms with van der Waals surface area (Å²) in [6.07, 6.45) is 3.68. The molecule has 0 unspecified atom stereocenters. The van der Waals surface area contributed by atoms with Gasteiger partial charge in [-0.1, -0.05) is 24.3 Å². The van der Waals surface area contributed by atoms with Crippen LogP contribution in [0.2, 0.25) is 0 Å². The monoisotopic (exact) mass is 309 g/mol. The van der Waals surface area contributed by atoms with Gasteiger partial charge in [0.25, 0.3) is 0 Å². The predicted octanol–water partition coefficient (Wildman–Crippen LogP) is 3.12. The highest BCUT2D eigenvalue weighted by atomic mass is 32.2. The highest BCUT2D eigenvalue weighted by Crippen LogP contribution is 2.24. The Morgan fingerprint density at radius 2 is 1.68 bits per heavy atom. The second-order valence-corrected chi connectivity index (χ2v) is 5.83. The molecule has 110 valence electrons. The molecule has 0 atom stereocenters. The highest BCUT2D eigenvalue weighted by molar-refractivity contribution is 8.00. The Kier molecular flexibility index (Phi) is 4.25. The van der Waals surface area contributed by atoms with Gasteiger partial charge in [0, 0.05) is 17.3 Å². The Balaban J connectivity index is 1.75. The lowest BCUT2D eigenvalue weighted by Crippen LogP contribution is -2.12. The van der Waals surface area contributed by atoms with Crippen LogP contribution in [0, 0.1) is 0 Å². The van der Waals surface area contributed by atoms with Crippen LogP contribution in [0.3, 0.4) is 0 Å². The van der Waals surface area contributed by atoms with E-state index in [1.54, 1.807) is 6.20 Å². The molecule has 0 saturated carbocycles. The van der Waals surface area contributed by atoms with E-state index in [4.69, 9.17) is 5.73 Å². The molecule has 3 aromatic rings. The minimum Gasteiger partial charge on any atom is -0.369 e. The number of hydrogen-bond donors (Lipinski definition) is 1. The van der Waals surface area contributed by atoms with Crippen LogP contribution in [0.1, 0.15) is 0 Å². The van der Waals surface area contributed by atoms with Gasteiger partial charge in [-0.3, -0.25) is 4.79 Å². The quantitative estimate of drug-likeness (QED) is 0.737. The number of hydrogen-bond acceptors (Lipinski definition) is 3. The molecule has 2 aromatic carbocycles. The van der Waals surface area contributed by atoms with Crippen LogP contribution in [-0.2, 0) is 4.79 Å². The molecule has 1 amide bonds. The van der Waals surface area contributed by atoms with Gasteiger partial charge in [-0.2, -0.15) is 5.10 Å². The van der Waals surface area contributed by atoms with Crippen LogP contribution in [0.4, 0.5) is 0 Å². The van der Waals surface area contributed by atoms with E-state index in [9.17, 15) is 4.79 Å². The smallest absolute Gasteiger partial charge is 0.227 e. The molecule has 1 aromatic heterocycles.